The molecule has 3 heteroatoms. The maximum atomic E-state index is 10.9. The van der Waals surface area contributed by atoms with Gasteiger partial charge in [-0.1, -0.05) is 128 Å². The molecule has 0 amide bonds. The van der Waals surface area contributed by atoms with Crippen molar-refractivity contribution in [2.45, 2.75) is 39.1 Å². The summed E-state index contributed by atoms with van der Waals surface area (Å²) in [6.07, 6.45) is 2.11. The quantitative estimate of drug-likeness (QED) is 0.345. The van der Waals surface area contributed by atoms with Gasteiger partial charge in [0.2, 0.25) is 0 Å². The molecular formula is C28H32OSi2. The van der Waals surface area contributed by atoms with Gasteiger partial charge in [0.1, 0.15) is 14.2 Å². The van der Waals surface area contributed by atoms with Gasteiger partial charge in [-0.05, 0) is 22.5 Å². The summed E-state index contributed by atoms with van der Waals surface area (Å²) in [4.78, 5) is 0. The molecule has 31 heavy (non-hydrogen) atoms. The molecule has 0 aromatic heterocycles. The first kappa shape index (κ1) is 23.0. The number of aliphatic hydroxyl groups excluding tert-OH is 1. The fourth-order valence-corrected chi connectivity index (χ4v) is 9.89. The number of allylic oxidation sites excluding steroid dienone is 1. The second-order valence-electron chi connectivity index (χ2n) is 8.90. The van der Waals surface area contributed by atoms with Crippen LogP contribution in [0, 0.1) is 11.5 Å². The van der Waals surface area contributed by atoms with E-state index in [9.17, 15) is 5.11 Å². The van der Waals surface area contributed by atoms with Crippen molar-refractivity contribution in [3.63, 3.8) is 0 Å². The van der Waals surface area contributed by atoms with Crippen LogP contribution >= 0.6 is 0 Å². The highest BCUT2D eigenvalue weighted by molar-refractivity contribution is 7.16. The Kier molecular flexibility index (Phi) is 7.51. The summed E-state index contributed by atoms with van der Waals surface area (Å²) < 4.78 is 0. The van der Waals surface area contributed by atoms with Gasteiger partial charge >= 0.3 is 0 Å². The van der Waals surface area contributed by atoms with Crippen LogP contribution in [0.4, 0.5) is 0 Å². The molecule has 3 aromatic rings. The molecule has 0 aliphatic rings. The summed E-state index contributed by atoms with van der Waals surface area (Å²) in [7, 11) is -4.09. The highest BCUT2D eigenvalue weighted by Gasteiger charge is 2.42. The molecular weight excluding hydrogens is 408 g/mol. The Hall–Kier alpha value is -2.65. The van der Waals surface area contributed by atoms with Crippen LogP contribution in [-0.4, -0.2) is 27.4 Å². The summed E-state index contributed by atoms with van der Waals surface area (Å²) in [6.45, 7) is 8.73. The van der Waals surface area contributed by atoms with E-state index in [0.717, 1.165) is 0 Å². The zero-order valence-corrected chi connectivity index (χ0v) is 21.0. The first-order chi connectivity index (χ1) is 14.9. The van der Waals surface area contributed by atoms with E-state index < -0.39 is 22.3 Å². The van der Waals surface area contributed by atoms with Crippen LogP contribution < -0.4 is 15.6 Å². The van der Waals surface area contributed by atoms with Crippen molar-refractivity contribution in [1.29, 1.82) is 0 Å². The second kappa shape index (κ2) is 10.1. The molecule has 0 fully saturated rings. The highest BCUT2D eigenvalue weighted by Crippen LogP contribution is 2.22. The van der Waals surface area contributed by atoms with Gasteiger partial charge in [-0.15, -0.1) is 5.54 Å². The zero-order chi connectivity index (χ0) is 22.3. The Balaban J connectivity index is 2.25. The SMILES string of the molecule is C/C=C(/CC(O)C#C[Si](C)(C)C)[Si](c1ccccc1)(c1ccccc1)c1ccccc1. The maximum Gasteiger partial charge on any atom is 0.175 e. The third kappa shape index (κ3) is 5.35. The van der Waals surface area contributed by atoms with Crippen LogP contribution in [-0.2, 0) is 0 Å². The standard InChI is InChI=1S/C28H32OSi2/c1-5-25(23-24(29)21-22-30(2,3)4)31(26-15-9-6-10-16-26,27-17-11-7-12-18-27)28-19-13-8-14-20-28/h5-20,24,29H,23H2,1-4H3/b25-5-. The number of hydrogen-bond donors (Lipinski definition) is 1. The minimum Gasteiger partial charge on any atom is -0.380 e. The average Bonchev–Trinajstić information content (AvgIpc) is 2.79. The third-order valence-corrected chi connectivity index (χ3v) is 11.4. The number of hydrogen-bond acceptors (Lipinski definition) is 1. The lowest BCUT2D eigenvalue weighted by Gasteiger charge is -2.36. The van der Waals surface area contributed by atoms with E-state index in [1.165, 1.54) is 20.8 Å². The van der Waals surface area contributed by atoms with Crippen LogP contribution in [0.5, 0.6) is 0 Å². The van der Waals surface area contributed by atoms with E-state index in [0.29, 0.717) is 6.42 Å². The van der Waals surface area contributed by atoms with Gasteiger partial charge in [0.15, 0.2) is 8.07 Å². The molecule has 0 bridgehead atoms. The van der Waals surface area contributed by atoms with Crippen molar-refractivity contribution in [2.24, 2.45) is 0 Å². The Morgan fingerprint density at radius 2 is 1.16 bits per heavy atom. The summed E-state index contributed by atoms with van der Waals surface area (Å²) in [6, 6.07) is 32.4. The minimum absolute atomic E-state index is 0.554. The van der Waals surface area contributed by atoms with Gasteiger partial charge in [0.05, 0.1) is 0 Å². The van der Waals surface area contributed by atoms with E-state index in [1.54, 1.807) is 0 Å². The molecule has 0 radical (unpaired) electrons. The van der Waals surface area contributed by atoms with E-state index in [2.05, 4.69) is 135 Å². The minimum atomic E-state index is -2.55. The zero-order valence-electron chi connectivity index (χ0n) is 19.0. The fraction of sp³-hybridized carbons (Fsp3) is 0.214. The van der Waals surface area contributed by atoms with E-state index in [1.807, 2.05) is 0 Å². The van der Waals surface area contributed by atoms with Gasteiger partial charge in [0.25, 0.3) is 0 Å². The van der Waals surface area contributed by atoms with Crippen LogP contribution in [0.1, 0.15) is 13.3 Å². The lowest BCUT2D eigenvalue weighted by Crippen LogP contribution is -2.68. The van der Waals surface area contributed by atoms with E-state index >= 15 is 0 Å². The molecule has 0 aliphatic carbocycles. The van der Waals surface area contributed by atoms with Gasteiger partial charge in [-0.25, -0.2) is 0 Å². The molecule has 0 aliphatic heterocycles. The molecule has 1 atom stereocenters. The highest BCUT2D eigenvalue weighted by atomic mass is 28.3. The molecule has 0 spiro atoms. The van der Waals surface area contributed by atoms with Crippen molar-refractivity contribution in [3.8, 4) is 11.5 Å². The van der Waals surface area contributed by atoms with Gasteiger partial charge in [0, 0.05) is 6.42 Å². The fourth-order valence-electron chi connectivity index (χ4n) is 4.17. The Bertz CT molecular complexity index is 959. The van der Waals surface area contributed by atoms with Crippen molar-refractivity contribution in [2.75, 3.05) is 0 Å². The molecule has 0 heterocycles. The topological polar surface area (TPSA) is 20.2 Å². The predicted octanol–water partition coefficient (Wildman–Crippen LogP) is 4.27. The Morgan fingerprint density at radius 1 is 0.774 bits per heavy atom. The Morgan fingerprint density at radius 3 is 1.48 bits per heavy atom. The third-order valence-electron chi connectivity index (χ3n) is 5.48. The Labute approximate surface area is 189 Å². The lowest BCUT2D eigenvalue weighted by molar-refractivity contribution is 0.235. The van der Waals surface area contributed by atoms with Crippen LogP contribution in [0.15, 0.2) is 102 Å². The summed E-state index contributed by atoms with van der Waals surface area (Å²) >= 11 is 0. The van der Waals surface area contributed by atoms with Crippen LogP contribution in [0.3, 0.4) is 0 Å². The first-order valence-corrected chi connectivity index (χ1v) is 16.4. The number of rotatable bonds is 6. The smallest absolute Gasteiger partial charge is 0.175 e. The van der Waals surface area contributed by atoms with Crippen molar-refractivity contribution >= 4 is 31.7 Å². The second-order valence-corrected chi connectivity index (χ2v) is 17.5. The largest absolute Gasteiger partial charge is 0.380 e. The molecule has 1 N–H and O–H groups in total. The summed E-state index contributed by atoms with van der Waals surface area (Å²) in [5.41, 5.74) is 3.35. The lowest BCUT2D eigenvalue weighted by atomic mass is 10.2. The number of benzene rings is 3. The summed E-state index contributed by atoms with van der Waals surface area (Å²) in [5, 5.41) is 16.2. The molecule has 3 rings (SSSR count). The van der Waals surface area contributed by atoms with Crippen LogP contribution in [0.25, 0.3) is 0 Å². The monoisotopic (exact) mass is 440 g/mol. The van der Waals surface area contributed by atoms with Crippen molar-refractivity contribution in [3.05, 3.63) is 102 Å². The van der Waals surface area contributed by atoms with Gasteiger partial charge in [-0.3, -0.25) is 0 Å². The van der Waals surface area contributed by atoms with Crippen molar-refractivity contribution < 1.29 is 5.11 Å². The molecule has 3 aromatic carbocycles. The van der Waals surface area contributed by atoms with Gasteiger partial charge in [-0.2, -0.15) is 0 Å². The summed E-state index contributed by atoms with van der Waals surface area (Å²) in [5.74, 6) is 3.16. The van der Waals surface area contributed by atoms with Crippen molar-refractivity contribution in [1.82, 2.24) is 0 Å². The predicted molar refractivity (Wildman–Crippen MR) is 139 cm³/mol. The molecule has 0 saturated heterocycles. The maximum absolute atomic E-state index is 10.9. The molecule has 1 unspecified atom stereocenters. The molecule has 158 valence electrons. The molecule has 1 nitrogen and oxygen atoms in total. The van der Waals surface area contributed by atoms with Gasteiger partial charge < -0.3 is 5.11 Å². The molecule has 0 saturated carbocycles. The normalized spacial score (nSPS) is 13.3. The van der Waals surface area contributed by atoms with E-state index in [4.69, 9.17) is 0 Å². The average molecular weight is 441 g/mol. The van der Waals surface area contributed by atoms with Crippen LogP contribution in [0.2, 0.25) is 19.6 Å². The number of aliphatic hydroxyl groups is 1. The van der Waals surface area contributed by atoms with E-state index in [-0.39, 0.29) is 0 Å². The first-order valence-electron chi connectivity index (χ1n) is 10.9.